The molecule has 4 fully saturated rings. The topological polar surface area (TPSA) is 95.3 Å². The maximum Gasteiger partial charge on any atom is 0.302 e. The molecule has 11 atom stereocenters. The van der Waals surface area contributed by atoms with Crippen LogP contribution in [-0.4, -0.2) is 29.3 Å². The molecule has 4 saturated carbocycles. The van der Waals surface area contributed by atoms with Gasteiger partial charge in [-0.15, -0.1) is 0 Å². The molecule has 0 saturated heterocycles. The highest BCUT2D eigenvalue weighted by Gasteiger charge is 2.64. The second kappa shape index (κ2) is 10.2. The van der Waals surface area contributed by atoms with Gasteiger partial charge in [-0.05, 0) is 103 Å². The van der Waals surface area contributed by atoms with Crippen LogP contribution in [-0.2, 0) is 9.53 Å². The molecule has 0 aliphatic heterocycles. The summed E-state index contributed by atoms with van der Waals surface area (Å²) in [5.74, 6) is 4.13. The van der Waals surface area contributed by atoms with Gasteiger partial charge in [-0.25, -0.2) is 0 Å². The lowest BCUT2D eigenvalue weighted by Crippen LogP contribution is -2.63. The SMILES string of the molecule is CC(=O)O[C@@H]1CC2CC[C@H]3[C@@H]4CC[C@H]([C@H](C)CCCC(C)C)[C@@]4(C)CC[C@@H]3[C@@]2(C)[C@@H](N=[N+]=[N-])[C@@H]1O. The number of fused-ring (bicyclic) bond motifs is 5. The second-order valence-corrected chi connectivity index (χ2v) is 13.6. The van der Waals surface area contributed by atoms with Gasteiger partial charge < -0.3 is 9.84 Å². The Kier molecular flexibility index (Phi) is 7.84. The van der Waals surface area contributed by atoms with Gasteiger partial charge in [0.2, 0.25) is 0 Å². The van der Waals surface area contributed by atoms with Crippen molar-refractivity contribution in [2.24, 2.45) is 57.4 Å². The van der Waals surface area contributed by atoms with Crippen molar-refractivity contribution < 1.29 is 14.6 Å². The van der Waals surface area contributed by atoms with Crippen molar-refractivity contribution in [1.82, 2.24) is 0 Å². The van der Waals surface area contributed by atoms with Crippen molar-refractivity contribution in [3.8, 4) is 0 Å². The molecule has 0 aromatic carbocycles. The number of nitrogens with zero attached hydrogens (tertiary/aromatic N) is 3. The number of carbonyl (C=O) groups is 1. The van der Waals surface area contributed by atoms with Gasteiger partial charge in [0.25, 0.3) is 0 Å². The van der Waals surface area contributed by atoms with E-state index in [1.165, 1.54) is 51.9 Å². The molecule has 198 valence electrons. The number of hydrogen-bond acceptors (Lipinski definition) is 4. The Bertz CT molecular complexity index is 826. The summed E-state index contributed by atoms with van der Waals surface area (Å²) < 4.78 is 5.51. The molecular weight excluding hydrogens is 438 g/mol. The Balaban J connectivity index is 1.56. The Labute approximate surface area is 212 Å². The van der Waals surface area contributed by atoms with E-state index in [1.54, 1.807) is 0 Å². The zero-order valence-electron chi connectivity index (χ0n) is 22.9. The highest BCUT2D eigenvalue weighted by Crippen LogP contribution is 2.68. The molecule has 1 N–H and O–H groups in total. The molecule has 6 nitrogen and oxygen atoms in total. The van der Waals surface area contributed by atoms with E-state index in [4.69, 9.17) is 4.74 Å². The van der Waals surface area contributed by atoms with Crippen LogP contribution in [0.5, 0.6) is 0 Å². The molecule has 4 aliphatic rings. The van der Waals surface area contributed by atoms with E-state index in [1.807, 2.05) is 0 Å². The van der Waals surface area contributed by atoms with Crippen molar-refractivity contribution in [3.63, 3.8) is 0 Å². The summed E-state index contributed by atoms with van der Waals surface area (Å²) >= 11 is 0. The number of hydrogen-bond donors (Lipinski definition) is 1. The normalized spacial score (nSPS) is 45.6. The molecule has 0 aromatic rings. The molecule has 35 heavy (non-hydrogen) atoms. The van der Waals surface area contributed by atoms with Crippen molar-refractivity contribution in [2.75, 3.05) is 0 Å². The van der Waals surface area contributed by atoms with E-state index in [9.17, 15) is 15.4 Å². The van der Waals surface area contributed by atoms with Gasteiger partial charge in [0.15, 0.2) is 0 Å². The first-order valence-corrected chi connectivity index (χ1v) is 14.4. The third kappa shape index (κ3) is 4.63. The molecule has 0 radical (unpaired) electrons. The smallest absolute Gasteiger partial charge is 0.302 e. The first kappa shape index (κ1) is 26.8. The number of azide groups is 1. The predicted molar refractivity (Wildman–Crippen MR) is 138 cm³/mol. The number of rotatable bonds is 7. The minimum atomic E-state index is -0.930. The van der Waals surface area contributed by atoms with Gasteiger partial charge in [0.1, 0.15) is 6.10 Å². The van der Waals surface area contributed by atoms with Crippen LogP contribution in [0, 0.1) is 52.3 Å². The first-order chi connectivity index (χ1) is 16.5. The molecule has 0 amide bonds. The van der Waals surface area contributed by atoms with Crippen molar-refractivity contribution in [3.05, 3.63) is 10.4 Å². The second-order valence-electron chi connectivity index (χ2n) is 13.6. The van der Waals surface area contributed by atoms with Gasteiger partial charge in [0, 0.05) is 11.8 Å². The van der Waals surface area contributed by atoms with Crippen molar-refractivity contribution >= 4 is 5.97 Å². The maximum atomic E-state index is 11.7. The van der Waals surface area contributed by atoms with E-state index in [0.29, 0.717) is 29.6 Å². The van der Waals surface area contributed by atoms with Gasteiger partial charge in [-0.3, -0.25) is 4.79 Å². The zero-order valence-corrected chi connectivity index (χ0v) is 22.9. The fourth-order valence-corrected chi connectivity index (χ4v) is 9.90. The van der Waals surface area contributed by atoms with Gasteiger partial charge >= 0.3 is 5.97 Å². The summed E-state index contributed by atoms with van der Waals surface area (Å²) in [6.45, 7) is 13.4. The fourth-order valence-electron chi connectivity index (χ4n) is 9.90. The summed E-state index contributed by atoms with van der Waals surface area (Å²) in [7, 11) is 0. The Morgan fingerprint density at radius 1 is 1.11 bits per heavy atom. The third-order valence-corrected chi connectivity index (χ3v) is 11.5. The highest BCUT2D eigenvalue weighted by molar-refractivity contribution is 5.66. The maximum absolute atomic E-state index is 11.7. The fraction of sp³-hybridized carbons (Fsp3) is 0.966. The van der Waals surface area contributed by atoms with E-state index in [0.717, 1.165) is 36.5 Å². The van der Waals surface area contributed by atoms with E-state index in [2.05, 4.69) is 44.6 Å². The number of ether oxygens (including phenoxy) is 1. The highest BCUT2D eigenvalue weighted by atomic mass is 16.6. The van der Waals surface area contributed by atoms with Crippen LogP contribution in [0.1, 0.15) is 106 Å². The van der Waals surface area contributed by atoms with Gasteiger partial charge in [-0.1, -0.05) is 59.0 Å². The molecule has 0 spiro atoms. The van der Waals surface area contributed by atoms with Crippen LogP contribution in [0.4, 0.5) is 0 Å². The quantitative estimate of drug-likeness (QED) is 0.177. The number of aliphatic hydroxyl groups is 1. The van der Waals surface area contributed by atoms with E-state index in [-0.39, 0.29) is 11.4 Å². The van der Waals surface area contributed by atoms with E-state index >= 15 is 0 Å². The van der Waals surface area contributed by atoms with Crippen LogP contribution in [0.2, 0.25) is 0 Å². The largest absolute Gasteiger partial charge is 0.460 e. The zero-order chi connectivity index (χ0) is 25.5. The number of carbonyl (C=O) groups excluding carboxylic acids is 1. The average Bonchev–Trinajstić information content (AvgIpc) is 3.14. The summed E-state index contributed by atoms with van der Waals surface area (Å²) in [4.78, 5) is 14.9. The predicted octanol–water partition coefficient (Wildman–Crippen LogP) is 7.30. The van der Waals surface area contributed by atoms with Crippen LogP contribution in [0.25, 0.3) is 10.4 Å². The monoisotopic (exact) mass is 487 g/mol. The summed E-state index contributed by atoms with van der Waals surface area (Å²) in [5.41, 5.74) is 9.60. The van der Waals surface area contributed by atoms with E-state index < -0.39 is 18.2 Å². The van der Waals surface area contributed by atoms with Gasteiger partial charge in [0.05, 0.1) is 12.1 Å². The molecule has 6 heteroatoms. The van der Waals surface area contributed by atoms with Crippen molar-refractivity contribution in [1.29, 1.82) is 0 Å². The van der Waals surface area contributed by atoms with Crippen LogP contribution in [0.3, 0.4) is 0 Å². The Hall–Kier alpha value is -1.26. The Morgan fingerprint density at radius 2 is 1.86 bits per heavy atom. The first-order valence-electron chi connectivity index (χ1n) is 14.4. The number of aliphatic hydroxyl groups excluding tert-OH is 1. The molecule has 4 aliphatic carbocycles. The molecule has 0 bridgehead atoms. The standard InChI is InChI=1S/C29H49N3O3/c1-17(2)8-7-9-18(3)22-12-13-23-21-11-10-20-16-25(35-19(4)33)26(34)27(31-32-30)29(20,6)24(21)14-15-28(22,23)5/h17-18,20-27,34H,7-16H2,1-6H3/t18-,20?,21+,22-,23+,24+,25-,26-,27+,28-,29+/m1/s1. The lowest BCUT2D eigenvalue weighted by molar-refractivity contribution is -0.189. The Morgan fingerprint density at radius 3 is 2.51 bits per heavy atom. The lowest BCUT2D eigenvalue weighted by Gasteiger charge is -2.63. The summed E-state index contributed by atoms with van der Waals surface area (Å²) in [5, 5.41) is 15.4. The van der Waals surface area contributed by atoms with Gasteiger partial charge in [-0.2, -0.15) is 0 Å². The van der Waals surface area contributed by atoms with Crippen molar-refractivity contribution in [2.45, 2.75) is 124 Å². The van der Waals surface area contributed by atoms with Crippen LogP contribution < -0.4 is 0 Å². The molecule has 4 rings (SSSR count). The molecule has 0 aromatic heterocycles. The molecule has 1 unspecified atom stereocenters. The number of esters is 1. The summed E-state index contributed by atoms with van der Waals surface area (Å²) in [6.07, 6.45) is 10.6. The minimum Gasteiger partial charge on any atom is -0.460 e. The summed E-state index contributed by atoms with van der Waals surface area (Å²) in [6, 6.07) is -0.542. The average molecular weight is 488 g/mol. The van der Waals surface area contributed by atoms with Crippen LogP contribution in [0.15, 0.2) is 5.11 Å². The third-order valence-electron chi connectivity index (χ3n) is 11.5. The lowest BCUT2D eigenvalue weighted by atomic mass is 9.43. The molecular formula is C29H49N3O3. The van der Waals surface area contributed by atoms with Crippen LogP contribution >= 0.6 is 0 Å². The molecule has 0 heterocycles. The minimum absolute atomic E-state index is 0.243.